The van der Waals surface area contributed by atoms with Crippen LogP contribution in [0.4, 0.5) is 4.39 Å². The largest absolute Gasteiger partial charge is 0.379 e. The molecule has 1 fully saturated rings. The number of ether oxygens (including phenoxy) is 1. The van der Waals surface area contributed by atoms with Crippen LogP contribution in [0, 0.1) is 5.82 Å². The summed E-state index contributed by atoms with van der Waals surface area (Å²) in [6.45, 7) is 3.14. The second-order valence-corrected chi connectivity index (χ2v) is 6.46. The first kappa shape index (κ1) is 17.8. The maximum Gasteiger partial charge on any atom is 0.248 e. The zero-order valence-corrected chi connectivity index (χ0v) is 14.8. The van der Waals surface area contributed by atoms with Gasteiger partial charge in [-0.1, -0.05) is 41.6 Å². The quantitative estimate of drug-likeness (QED) is 0.746. The Morgan fingerprint density at radius 1 is 1.11 bits per heavy atom. The topological polar surface area (TPSA) is 77.4 Å². The zero-order valence-electron chi connectivity index (χ0n) is 14.8. The standard InChI is InChI=1S/C20H21FN4O2/c21-17-3-1-2-16(12-17)18(25-8-10-26-11-9-25)20-23-19(24-27-20)15-6-4-14(13-22)5-7-15/h1-7,12,18H,8-11,13,22H2. The van der Waals surface area contributed by atoms with Gasteiger partial charge in [0.2, 0.25) is 11.7 Å². The van der Waals surface area contributed by atoms with Gasteiger partial charge < -0.3 is 15.0 Å². The normalized spacial score (nSPS) is 16.4. The third-order valence-electron chi connectivity index (χ3n) is 4.70. The minimum absolute atomic E-state index is 0.289. The van der Waals surface area contributed by atoms with Crippen LogP contribution in [0.25, 0.3) is 11.4 Å². The molecule has 6 nitrogen and oxygen atoms in total. The van der Waals surface area contributed by atoms with Crippen molar-refractivity contribution in [1.29, 1.82) is 0 Å². The maximum absolute atomic E-state index is 13.8. The molecule has 4 rings (SSSR count). The number of aromatic nitrogens is 2. The van der Waals surface area contributed by atoms with Crippen LogP contribution >= 0.6 is 0 Å². The number of nitrogens with two attached hydrogens (primary N) is 1. The highest BCUT2D eigenvalue weighted by Gasteiger charge is 2.29. The second-order valence-electron chi connectivity index (χ2n) is 6.46. The van der Waals surface area contributed by atoms with E-state index in [1.54, 1.807) is 6.07 Å². The third kappa shape index (κ3) is 3.90. The molecule has 1 saturated heterocycles. The summed E-state index contributed by atoms with van der Waals surface area (Å²) in [6, 6.07) is 13.9. The van der Waals surface area contributed by atoms with Crippen molar-refractivity contribution in [2.75, 3.05) is 26.3 Å². The Balaban J connectivity index is 1.68. The molecule has 7 heteroatoms. The van der Waals surface area contributed by atoms with Crippen LogP contribution in [0.15, 0.2) is 53.1 Å². The van der Waals surface area contributed by atoms with Crippen LogP contribution in [0.1, 0.15) is 23.1 Å². The van der Waals surface area contributed by atoms with E-state index in [9.17, 15) is 4.39 Å². The third-order valence-corrected chi connectivity index (χ3v) is 4.70. The molecule has 3 aromatic rings. The fraction of sp³-hybridized carbons (Fsp3) is 0.300. The molecule has 0 saturated carbocycles. The zero-order chi connectivity index (χ0) is 18.6. The van der Waals surface area contributed by atoms with E-state index in [0.29, 0.717) is 44.6 Å². The lowest BCUT2D eigenvalue weighted by Crippen LogP contribution is -2.39. The fourth-order valence-electron chi connectivity index (χ4n) is 3.28. The molecule has 0 bridgehead atoms. The van der Waals surface area contributed by atoms with E-state index in [-0.39, 0.29) is 11.9 Å². The van der Waals surface area contributed by atoms with E-state index in [2.05, 4.69) is 15.0 Å². The molecule has 0 radical (unpaired) electrons. The SMILES string of the molecule is NCc1ccc(-c2noc(C(c3cccc(F)c3)N3CCOCC3)n2)cc1. The summed E-state index contributed by atoms with van der Waals surface area (Å²) in [7, 11) is 0. The van der Waals surface area contributed by atoms with Crippen molar-refractivity contribution in [1.82, 2.24) is 15.0 Å². The summed E-state index contributed by atoms with van der Waals surface area (Å²) in [4.78, 5) is 6.78. The van der Waals surface area contributed by atoms with E-state index < -0.39 is 0 Å². The van der Waals surface area contributed by atoms with Gasteiger partial charge in [0.05, 0.1) is 13.2 Å². The van der Waals surface area contributed by atoms with Gasteiger partial charge in [0, 0.05) is 25.2 Å². The summed E-state index contributed by atoms with van der Waals surface area (Å²) in [5.74, 6) is 0.659. The van der Waals surface area contributed by atoms with E-state index in [1.807, 2.05) is 30.3 Å². The van der Waals surface area contributed by atoms with Gasteiger partial charge in [0.1, 0.15) is 11.9 Å². The van der Waals surface area contributed by atoms with E-state index in [0.717, 1.165) is 16.7 Å². The van der Waals surface area contributed by atoms with Gasteiger partial charge in [-0.25, -0.2) is 4.39 Å². The number of hydrogen-bond acceptors (Lipinski definition) is 6. The number of halogens is 1. The molecular formula is C20H21FN4O2. The summed E-state index contributed by atoms with van der Waals surface area (Å²) < 4.78 is 24.9. The predicted octanol–water partition coefficient (Wildman–Crippen LogP) is 2.76. The summed E-state index contributed by atoms with van der Waals surface area (Å²) in [6.07, 6.45) is 0. The van der Waals surface area contributed by atoms with Crippen LogP contribution in [0.3, 0.4) is 0 Å². The first-order valence-corrected chi connectivity index (χ1v) is 8.95. The van der Waals surface area contributed by atoms with Crippen LogP contribution in [-0.4, -0.2) is 41.3 Å². The Morgan fingerprint density at radius 2 is 1.89 bits per heavy atom. The van der Waals surface area contributed by atoms with Gasteiger partial charge in [0.15, 0.2) is 0 Å². The van der Waals surface area contributed by atoms with Crippen molar-refractivity contribution in [2.45, 2.75) is 12.6 Å². The molecule has 1 aliphatic heterocycles. The van der Waals surface area contributed by atoms with Gasteiger partial charge in [-0.05, 0) is 23.3 Å². The summed E-state index contributed by atoms with van der Waals surface area (Å²) in [5, 5.41) is 4.14. The molecule has 1 aliphatic rings. The molecule has 0 aliphatic carbocycles. The number of benzene rings is 2. The highest BCUT2D eigenvalue weighted by atomic mass is 19.1. The van der Waals surface area contributed by atoms with Crippen molar-refractivity contribution in [3.63, 3.8) is 0 Å². The first-order chi connectivity index (χ1) is 13.2. The Hall–Kier alpha value is -2.61. The van der Waals surface area contributed by atoms with Crippen LogP contribution in [-0.2, 0) is 11.3 Å². The molecule has 27 heavy (non-hydrogen) atoms. The van der Waals surface area contributed by atoms with Crippen molar-refractivity contribution < 1.29 is 13.7 Å². The Bertz CT molecular complexity index is 891. The average Bonchev–Trinajstić information content (AvgIpc) is 3.19. The number of nitrogens with zero attached hydrogens (tertiary/aromatic N) is 3. The number of rotatable bonds is 5. The molecule has 2 N–H and O–H groups in total. The molecule has 0 spiro atoms. The summed E-state index contributed by atoms with van der Waals surface area (Å²) >= 11 is 0. The van der Waals surface area contributed by atoms with Crippen LogP contribution in [0.5, 0.6) is 0 Å². The molecule has 0 amide bonds. The molecule has 140 valence electrons. The second kappa shape index (κ2) is 7.96. The Labute approximate surface area is 156 Å². The van der Waals surface area contributed by atoms with Crippen LogP contribution in [0.2, 0.25) is 0 Å². The minimum Gasteiger partial charge on any atom is -0.379 e. The lowest BCUT2D eigenvalue weighted by atomic mass is 10.0. The predicted molar refractivity (Wildman–Crippen MR) is 98.3 cm³/mol. The van der Waals surface area contributed by atoms with E-state index >= 15 is 0 Å². The number of hydrogen-bond donors (Lipinski definition) is 1. The van der Waals surface area contributed by atoms with Crippen molar-refractivity contribution in [3.8, 4) is 11.4 Å². The van der Waals surface area contributed by atoms with Gasteiger partial charge in [0.25, 0.3) is 0 Å². The first-order valence-electron chi connectivity index (χ1n) is 8.95. The monoisotopic (exact) mass is 368 g/mol. The highest BCUT2D eigenvalue weighted by Crippen LogP contribution is 2.30. The van der Waals surface area contributed by atoms with Gasteiger partial charge in [-0.15, -0.1) is 0 Å². The number of morpholine rings is 1. The lowest BCUT2D eigenvalue weighted by Gasteiger charge is -2.32. The lowest BCUT2D eigenvalue weighted by molar-refractivity contribution is 0.0180. The van der Waals surface area contributed by atoms with Crippen molar-refractivity contribution in [2.24, 2.45) is 5.73 Å². The average molecular weight is 368 g/mol. The van der Waals surface area contributed by atoms with Crippen LogP contribution < -0.4 is 5.73 Å². The smallest absolute Gasteiger partial charge is 0.248 e. The van der Waals surface area contributed by atoms with E-state index in [1.165, 1.54) is 12.1 Å². The molecular weight excluding hydrogens is 347 g/mol. The Kier molecular flexibility index (Phi) is 5.24. The van der Waals surface area contributed by atoms with Crippen molar-refractivity contribution >= 4 is 0 Å². The minimum atomic E-state index is -0.311. The molecule has 2 aromatic carbocycles. The fourth-order valence-corrected chi connectivity index (χ4v) is 3.28. The molecule has 1 atom stereocenters. The molecule has 1 aromatic heterocycles. The summed E-state index contributed by atoms with van der Waals surface area (Å²) in [5.41, 5.74) is 8.31. The molecule has 1 unspecified atom stereocenters. The van der Waals surface area contributed by atoms with Gasteiger partial charge in [-0.2, -0.15) is 4.98 Å². The van der Waals surface area contributed by atoms with Gasteiger partial charge >= 0.3 is 0 Å². The molecule has 2 heterocycles. The van der Waals surface area contributed by atoms with Gasteiger partial charge in [-0.3, -0.25) is 4.90 Å². The van der Waals surface area contributed by atoms with Crippen molar-refractivity contribution in [3.05, 3.63) is 71.4 Å². The maximum atomic E-state index is 13.8. The van der Waals surface area contributed by atoms with E-state index in [4.69, 9.17) is 15.0 Å². The Morgan fingerprint density at radius 3 is 2.59 bits per heavy atom. The highest BCUT2D eigenvalue weighted by molar-refractivity contribution is 5.54.